The minimum atomic E-state index is -0.732. The molecule has 2 aromatic carbocycles. The molecule has 2 amide bonds. The van der Waals surface area contributed by atoms with Gasteiger partial charge in [0.25, 0.3) is 5.56 Å². The summed E-state index contributed by atoms with van der Waals surface area (Å²) in [7, 11) is 0. The second-order valence-electron chi connectivity index (χ2n) is 7.98. The van der Waals surface area contributed by atoms with Crippen LogP contribution in [-0.2, 0) is 16.1 Å². The van der Waals surface area contributed by atoms with Crippen LogP contribution < -0.4 is 27.2 Å². The summed E-state index contributed by atoms with van der Waals surface area (Å²) in [6.45, 7) is 3.61. The van der Waals surface area contributed by atoms with Crippen molar-refractivity contribution in [3.63, 3.8) is 0 Å². The van der Waals surface area contributed by atoms with Gasteiger partial charge in [0.1, 0.15) is 5.82 Å². The molecule has 0 aliphatic heterocycles. The molecule has 1 aromatic heterocycles. The van der Waals surface area contributed by atoms with Crippen molar-refractivity contribution in [2.24, 2.45) is 0 Å². The summed E-state index contributed by atoms with van der Waals surface area (Å²) in [6, 6.07) is 17.7. The first-order valence-corrected chi connectivity index (χ1v) is 11.1. The number of anilines is 2. The summed E-state index contributed by atoms with van der Waals surface area (Å²) >= 11 is 0. The van der Waals surface area contributed by atoms with E-state index in [1.165, 1.54) is 16.4 Å². The van der Waals surface area contributed by atoms with Crippen molar-refractivity contribution in [1.82, 2.24) is 14.9 Å². The second-order valence-corrected chi connectivity index (χ2v) is 7.98. The lowest BCUT2D eigenvalue weighted by molar-refractivity contribution is -0.121. The van der Waals surface area contributed by atoms with Crippen molar-refractivity contribution < 1.29 is 9.59 Å². The Kier molecular flexibility index (Phi) is 8.02. The average Bonchev–Trinajstić information content (AvgIpc) is 2.81. The van der Waals surface area contributed by atoms with Crippen molar-refractivity contribution >= 4 is 23.3 Å². The van der Waals surface area contributed by atoms with Crippen LogP contribution in [0.1, 0.15) is 43.9 Å². The smallest absolute Gasteiger partial charge is 0.330 e. The van der Waals surface area contributed by atoms with Crippen molar-refractivity contribution in [3.8, 4) is 0 Å². The molecule has 9 nitrogen and oxygen atoms in total. The number of carbonyl (C=O) groups excluding carboxylic acids is 2. The number of benzene rings is 2. The standard InChI is InChI=1S/C25H29N5O4/c1-3-14-29(21(32)15-20(27-17(2)31)19-12-8-5-9-13-19)22-23(26)30(25(34)28-24(22)33)16-18-10-6-4-7-11-18/h4-13,20H,3,14-16,26H2,1-2H3,(H,27,31)(H,28,33,34). The molecule has 0 bridgehead atoms. The molecule has 0 fully saturated rings. The minimum absolute atomic E-state index is 0.0722. The van der Waals surface area contributed by atoms with Crippen LogP contribution in [0, 0.1) is 0 Å². The number of rotatable bonds is 9. The number of nitrogen functional groups attached to an aromatic ring is 1. The first-order chi connectivity index (χ1) is 16.3. The molecule has 1 unspecified atom stereocenters. The van der Waals surface area contributed by atoms with Gasteiger partial charge in [0.05, 0.1) is 19.0 Å². The molecule has 0 spiro atoms. The summed E-state index contributed by atoms with van der Waals surface area (Å²) in [4.78, 5) is 54.1. The number of H-pyrrole nitrogens is 1. The Morgan fingerprint density at radius 1 is 1.06 bits per heavy atom. The summed E-state index contributed by atoms with van der Waals surface area (Å²) < 4.78 is 1.24. The van der Waals surface area contributed by atoms with Gasteiger partial charge in [0.15, 0.2) is 5.69 Å². The van der Waals surface area contributed by atoms with Gasteiger partial charge in [0, 0.05) is 13.5 Å². The van der Waals surface area contributed by atoms with Gasteiger partial charge in [-0.25, -0.2) is 4.79 Å². The fraction of sp³-hybridized carbons (Fsp3) is 0.280. The Hall–Kier alpha value is -4.14. The third kappa shape index (κ3) is 5.80. The molecule has 1 heterocycles. The molecule has 3 aromatic rings. The number of nitrogens with one attached hydrogen (secondary N) is 2. The monoisotopic (exact) mass is 463 g/mol. The van der Waals surface area contributed by atoms with E-state index in [0.717, 1.165) is 11.1 Å². The van der Waals surface area contributed by atoms with Crippen LogP contribution >= 0.6 is 0 Å². The van der Waals surface area contributed by atoms with Gasteiger partial charge in [-0.2, -0.15) is 0 Å². The number of hydrogen-bond donors (Lipinski definition) is 3. The van der Waals surface area contributed by atoms with Crippen molar-refractivity contribution in [3.05, 3.63) is 92.6 Å². The van der Waals surface area contributed by atoms with Gasteiger partial charge >= 0.3 is 5.69 Å². The molecule has 34 heavy (non-hydrogen) atoms. The minimum Gasteiger partial charge on any atom is -0.383 e. The number of aromatic nitrogens is 2. The average molecular weight is 464 g/mol. The molecule has 1 atom stereocenters. The van der Waals surface area contributed by atoms with Gasteiger partial charge in [-0.3, -0.25) is 23.9 Å². The number of nitrogens with two attached hydrogens (primary N) is 1. The van der Waals surface area contributed by atoms with Gasteiger partial charge in [-0.15, -0.1) is 0 Å². The van der Waals surface area contributed by atoms with Gasteiger partial charge < -0.3 is 16.0 Å². The molecule has 0 saturated carbocycles. The Morgan fingerprint density at radius 3 is 2.26 bits per heavy atom. The van der Waals surface area contributed by atoms with E-state index in [-0.39, 0.29) is 36.9 Å². The van der Waals surface area contributed by atoms with Gasteiger partial charge in [-0.1, -0.05) is 67.6 Å². The van der Waals surface area contributed by atoms with Crippen LogP contribution in [0.15, 0.2) is 70.3 Å². The molecule has 4 N–H and O–H groups in total. The van der Waals surface area contributed by atoms with E-state index in [2.05, 4.69) is 10.3 Å². The van der Waals surface area contributed by atoms with E-state index >= 15 is 0 Å². The third-order valence-electron chi connectivity index (χ3n) is 5.37. The number of amides is 2. The maximum absolute atomic E-state index is 13.4. The Balaban J connectivity index is 1.99. The van der Waals surface area contributed by atoms with Crippen LogP contribution in [0.2, 0.25) is 0 Å². The molecular weight excluding hydrogens is 434 g/mol. The lowest BCUT2D eigenvalue weighted by Gasteiger charge is -2.26. The quantitative estimate of drug-likeness (QED) is 0.448. The predicted octanol–water partition coefficient (Wildman–Crippen LogP) is 2.18. The first-order valence-electron chi connectivity index (χ1n) is 11.1. The lowest BCUT2D eigenvalue weighted by atomic mass is 10.0. The predicted molar refractivity (Wildman–Crippen MR) is 132 cm³/mol. The maximum atomic E-state index is 13.4. The Morgan fingerprint density at radius 2 is 1.68 bits per heavy atom. The van der Waals surface area contributed by atoms with E-state index < -0.39 is 23.2 Å². The zero-order valence-corrected chi connectivity index (χ0v) is 19.3. The van der Waals surface area contributed by atoms with Crippen LogP contribution in [0.4, 0.5) is 11.5 Å². The van der Waals surface area contributed by atoms with Gasteiger partial charge in [0.2, 0.25) is 11.8 Å². The summed E-state index contributed by atoms with van der Waals surface area (Å²) in [6.07, 6.45) is 0.471. The lowest BCUT2D eigenvalue weighted by Crippen LogP contribution is -2.43. The second kappa shape index (κ2) is 11.1. The highest BCUT2D eigenvalue weighted by molar-refractivity contribution is 5.96. The third-order valence-corrected chi connectivity index (χ3v) is 5.37. The van der Waals surface area contributed by atoms with Crippen LogP contribution in [-0.4, -0.2) is 27.9 Å². The number of hydrogen-bond acceptors (Lipinski definition) is 5. The molecular formula is C25H29N5O4. The molecule has 178 valence electrons. The highest BCUT2D eigenvalue weighted by Crippen LogP contribution is 2.23. The van der Waals surface area contributed by atoms with Gasteiger partial charge in [-0.05, 0) is 17.5 Å². The molecule has 0 aliphatic rings. The maximum Gasteiger partial charge on any atom is 0.330 e. The fourth-order valence-corrected chi connectivity index (χ4v) is 3.81. The summed E-state index contributed by atoms with van der Waals surface area (Å²) in [5.74, 6) is -0.765. The Bertz CT molecular complexity index is 1250. The first kappa shape index (κ1) is 24.5. The number of carbonyl (C=O) groups is 2. The van der Waals surface area contributed by atoms with Crippen LogP contribution in [0.3, 0.4) is 0 Å². The van der Waals surface area contributed by atoms with E-state index in [4.69, 9.17) is 5.73 Å². The topological polar surface area (TPSA) is 130 Å². The molecule has 3 rings (SSSR count). The molecule has 9 heteroatoms. The molecule has 0 radical (unpaired) electrons. The number of nitrogens with zero attached hydrogens (tertiary/aromatic N) is 2. The van der Waals surface area contributed by atoms with Crippen LogP contribution in [0.5, 0.6) is 0 Å². The zero-order valence-electron chi connectivity index (χ0n) is 19.3. The SMILES string of the molecule is CCCN(C(=O)CC(NC(C)=O)c1ccccc1)c1c(N)n(Cc2ccccc2)c(=O)[nH]c1=O. The zero-order chi connectivity index (χ0) is 24.7. The highest BCUT2D eigenvalue weighted by atomic mass is 16.2. The summed E-state index contributed by atoms with van der Waals surface area (Å²) in [5, 5.41) is 2.80. The normalized spacial score (nSPS) is 11.6. The highest BCUT2D eigenvalue weighted by Gasteiger charge is 2.27. The van der Waals surface area contributed by atoms with E-state index in [1.54, 1.807) is 0 Å². The van der Waals surface area contributed by atoms with Crippen molar-refractivity contribution in [2.45, 2.75) is 39.3 Å². The van der Waals surface area contributed by atoms with E-state index in [9.17, 15) is 19.2 Å². The largest absolute Gasteiger partial charge is 0.383 e. The van der Waals surface area contributed by atoms with Crippen molar-refractivity contribution in [2.75, 3.05) is 17.2 Å². The summed E-state index contributed by atoms with van der Waals surface area (Å²) in [5.41, 5.74) is 6.43. The fourth-order valence-electron chi connectivity index (χ4n) is 3.81. The van der Waals surface area contributed by atoms with E-state index in [1.807, 2.05) is 67.6 Å². The Labute approximate surface area is 197 Å². The van der Waals surface area contributed by atoms with Crippen LogP contribution in [0.25, 0.3) is 0 Å². The van der Waals surface area contributed by atoms with Crippen molar-refractivity contribution in [1.29, 1.82) is 0 Å². The molecule has 0 saturated heterocycles. The number of aromatic amines is 1. The molecule has 0 aliphatic carbocycles. The van der Waals surface area contributed by atoms with E-state index in [0.29, 0.717) is 6.42 Å².